The van der Waals surface area contributed by atoms with Gasteiger partial charge in [-0.2, -0.15) is 0 Å². The zero-order chi connectivity index (χ0) is 23.8. The van der Waals surface area contributed by atoms with Crippen LogP contribution in [0.3, 0.4) is 0 Å². The standard InChI is InChI=1S/C25H24N4O3S2/c1-2-32-21(31)15-19-16-34-24(26-19)27-20(30)13-14-33-25-28-22(17-9-5-3-6-10-17)23(29-25)18-11-7-4-8-12-18/h3-12,16H,2,13-15H2,1H3,(H,28,29)(H,26,27,30). The number of aromatic amines is 1. The Labute approximate surface area is 206 Å². The normalized spacial score (nSPS) is 10.7. The van der Waals surface area contributed by atoms with Gasteiger partial charge in [0.25, 0.3) is 0 Å². The number of thioether (sulfide) groups is 1. The van der Waals surface area contributed by atoms with Crippen molar-refractivity contribution in [3.8, 4) is 22.5 Å². The molecule has 0 atom stereocenters. The van der Waals surface area contributed by atoms with Crippen LogP contribution >= 0.6 is 23.1 Å². The number of ether oxygens (including phenoxy) is 1. The summed E-state index contributed by atoms with van der Waals surface area (Å²) in [7, 11) is 0. The van der Waals surface area contributed by atoms with E-state index < -0.39 is 0 Å². The lowest BCUT2D eigenvalue weighted by molar-refractivity contribution is -0.142. The summed E-state index contributed by atoms with van der Waals surface area (Å²) in [5.41, 5.74) is 4.52. The van der Waals surface area contributed by atoms with E-state index in [9.17, 15) is 9.59 Å². The summed E-state index contributed by atoms with van der Waals surface area (Å²) in [6.07, 6.45) is 0.404. The molecule has 2 N–H and O–H groups in total. The van der Waals surface area contributed by atoms with E-state index in [1.807, 2.05) is 60.7 Å². The number of carbonyl (C=O) groups excluding carboxylic acids is 2. The van der Waals surface area contributed by atoms with E-state index in [0.29, 0.717) is 29.6 Å². The summed E-state index contributed by atoms with van der Waals surface area (Å²) < 4.78 is 4.92. The number of nitrogens with zero attached hydrogens (tertiary/aromatic N) is 2. The fraction of sp³-hybridized carbons (Fsp3) is 0.200. The molecule has 9 heteroatoms. The molecule has 2 heterocycles. The molecule has 4 aromatic rings. The fourth-order valence-corrected chi connectivity index (χ4v) is 4.80. The van der Waals surface area contributed by atoms with E-state index in [2.05, 4.69) is 15.3 Å². The number of nitrogens with one attached hydrogen (secondary N) is 2. The lowest BCUT2D eigenvalue weighted by Crippen LogP contribution is -2.12. The number of aromatic nitrogens is 3. The topological polar surface area (TPSA) is 97.0 Å². The number of esters is 1. The van der Waals surface area contributed by atoms with E-state index in [0.717, 1.165) is 27.7 Å². The van der Waals surface area contributed by atoms with E-state index in [4.69, 9.17) is 9.72 Å². The van der Waals surface area contributed by atoms with Gasteiger partial charge in [0.05, 0.1) is 30.1 Å². The second kappa shape index (κ2) is 11.6. The monoisotopic (exact) mass is 492 g/mol. The van der Waals surface area contributed by atoms with Crippen LogP contribution < -0.4 is 5.32 Å². The van der Waals surface area contributed by atoms with Crippen LogP contribution in [0.25, 0.3) is 22.5 Å². The Morgan fingerprint density at radius 1 is 1.03 bits per heavy atom. The summed E-state index contributed by atoms with van der Waals surface area (Å²) in [6.45, 7) is 2.09. The third-order valence-electron chi connectivity index (χ3n) is 4.79. The average molecular weight is 493 g/mol. The van der Waals surface area contributed by atoms with Crippen molar-refractivity contribution < 1.29 is 14.3 Å². The van der Waals surface area contributed by atoms with Gasteiger partial charge in [-0.05, 0) is 6.92 Å². The smallest absolute Gasteiger partial charge is 0.311 e. The number of carbonyl (C=O) groups is 2. The van der Waals surface area contributed by atoms with Crippen LogP contribution in [0, 0.1) is 0 Å². The van der Waals surface area contributed by atoms with Crippen molar-refractivity contribution in [2.75, 3.05) is 17.7 Å². The molecule has 7 nitrogen and oxygen atoms in total. The van der Waals surface area contributed by atoms with Crippen molar-refractivity contribution >= 4 is 40.1 Å². The second-order valence-electron chi connectivity index (χ2n) is 7.27. The Hall–Kier alpha value is -3.43. The molecule has 4 rings (SSSR count). The van der Waals surface area contributed by atoms with Crippen molar-refractivity contribution in [2.24, 2.45) is 0 Å². The number of imidazole rings is 1. The van der Waals surface area contributed by atoms with Crippen LogP contribution in [0.5, 0.6) is 0 Å². The van der Waals surface area contributed by atoms with Gasteiger partial charge in [-0.3, -0.25) is 9.59 Å². The summed E-state index contributed by atoms with van der Waals surface area (Å²) in [4.78, 5) is 36.4. The first kappa shape index (κ1) is 23.7. The van der Waals surface area contributed by atoms with Crippen LogP contribution in [-0.4, -0.2) is 39.2 Å². The Balaban J connectivity index is 1.36. The molecular weight excluding hydrogens is 468 g/mol. The molecule has 0 fully saturated rings. The third kappa shape index (κ3) is 6.33. The van der Waals surface area contributed by atoms with Gasteiger partial charge in [0.1, 0.15) is 0 Å². The predicted octanol–water partition coefficient (Wildman–Crippen LogP) is 5.43. The zero-order valence-electron chi connectivity index (χ0n) is 18.6. The number of rotatable bonds is 10. The van der Waals surface area contributed by atoms with Crippen LogP contribution in [0.15, 0.2) is 71.2 Å². The molecule has 0 unspecified atom stereocenters. The maximum absolute atomic E-state index is 12.4. The van der Waals surface area contributed by atoms with Gasteiger partial charge in [0.15, 0.2) is 10.3 Å². The third-order valence-corrected chi connectivity index (χ3v) is 6.47. The van der Waals surface area contributed by atoms with Crippen molar-refractivity contribution in [3.63, 3.8) is 0 Å². The first-order valence-electron chi connectivity index (χ1n) is 10.9. The highest BCUT2D eigenvalue weighted by Gasteiger charge is 2.15. The molecule has 0 saturated heterocycles. The number of thiazole rings is 1. The molecule has 0 bridgehead atoms. The SMILES string of the molecule is CCOC(=O)Cc1csc(NC(=O)CCSc2nc(-c3ccccc3)c(-c3ccccc3)[nH]2)n1. The summed E-state index contributed by atoms with van der Waals surface area (Å²) >= 11 is 2.79. The van der Waals surface area contributed by atoms with Crippen molar-refractivity contribution in [1.82, 2.24) is 15.0 Å². The highest BCUT2D eigenvalue weighted by Crippen LogP contribution is 2.32. The molecule has 0 aliphatic rings. The molecule has 34 heavy (non-hydrogen) atoms. The first-order valence-corrected chi connectivity index (χ1v) is 12.7. The highest BCUT2D eigenvalue weighted by molar-refractivity contribution is 7.99. The Bertz CT molecular complexity index is 1180. The molecule has 1 amide bonds. The first-order chi connectivity index (χ1) is 16.6. The van der Waals surface area contributed by atoms with Gasteiger partial charge in [0, 0.05) is 28.7 Å². The number of hydrogen-bond acceptors (Lipinski definition) is 7. The maximum atomic E-state index is 12.4. The highest BCUT2D eigenvalue weighted by atomic mass is 32.2. The van der Waals surface area contributed by atoms with Gasteiger partial charge in [-0.1, -0.05) is 72.4 Å². The quantitative estimate of drug-likeness (QED) is 0.226. The molecule has 2 aromatic carbocycles. The summed E-state index contributed by atoms with van der Waals surface area (Å²) in [5, 5.41) is 5.78. The molecule has 0 radical (unpaired) electrons. The van der Waals surface area contributed by atoms with Crippen LogP contribution in [0.2, 0.25) is 0 Å². The number of hydrogen-bond donors (Lipinski definition) is 2. The zero-order valence-corrected chi connectivity index (χ0v) is 20.2. The largest absolute Gasteiger partial charge is 0.466 e. The predicted molar refractivity (Wildman–Crippen MR) is 136 cm³/mol. The number of H-pyrrole nitrogens is 1. The number of amides is 1. The van der Waals surface area contributed by atoms with Gasteiger partial charge < -0.3 is 15.0 Å². The van der Waals surface area contributed by atoms with Crippen molar-refractivity contribution in [2.45, 2.75) is 24.9 Å². The van der Waals surface area contributed by atoms with Crippen LogP contribution in [-0.2, 0) is 20.7 Å². The number of anilines is 1. The Kier molecular flexibility index (Phi) is 8.11. The maximum Gasteiger partial charge on any atom is 0.311 e. The second-order valence-corrected chi connectivity index (χ2v) is 9.21. The van der Waals surface area contributed by atoms with Crippen LogP contribution in [0.4, 0.5) is 5.13 Å². The van der Waals surface area contributed by atoms with Gasteiger partial charge in [0.2, 0.25) is 5.91 Å². The lowest BCUT2D eigenvalue weighted by Gasteiger charge is -2.02. The van der Waals surface area contributed by atoms with Crippen molar-refractivity contribution in [1.29, 1.82) is 0 Å². The van der Waals surface area contributed by atoms with E-state index in [1.165, 1.54) is 23.1 Å². The van der Waals surface area contributed by atoms with Gasteiger partial charge in [-0.25, -0.2) is 9.97 Å². The molecular formula is C25H24N4O3S2. The fourth-order valence-electron chi connectivity index (χ4n) is 3.27. The Morgan fingerprint density at radius 3 is 2.44 bits per heavy atom. The molecule has 0 aliphatic carbocycles. The van der Waals surface area contributed by atoms with Crippen LogP contribution in [0.1, 0.15) is 19.0 Å². The van der Waals surface area contributed by atoms with E-state index in [1.54, 1.807) is 12.3 Å². The van der Waals surface area contributed by atoms with E-state index in [-0.39, 0.29) is 18.3 Å². The molecule has 0 spiro atoms. The minimum absolute atomic E-state index is 0.0993. The summed E-state index contributed by atoms with van der Waals surface area (Å²) in [6, 6.07) is 20.1. The minimum Gasteiger partial charge on any atom is -0.466 e. The summed E-state index contributed by atoms with van der Waals surface area (Å²) in [5.74, 6) is 0.0935. The average Bonchev–Trinajstić information content (AvgIpc) is 3.47. The molecule has 0 saturated carbocycles. The van der Waals surface area contributed by atoms with Gasteiger partial charge >= 0.3 is 5.97 Å². The molecule has 174 valence electrons. The van der Waals surface area contributed by atoms with E-state index >= 15 is 0 Å². The number of benzene rings is 2. The molecule has 2 aromatic heterocycles. The Morgan fingerprint density at radius 2 is 1.74 bits per heavy atom. The van der Waals surface area contributed by atoms with Gasteiger partial charge in [-0.15, -0.1) is 11.3 Å². The lowest BCUT2D eigenvalue weighted by atomic mass is 10.1. The minimum atomic E-state index is -0.328. The molecule has 0 aliphatic heterocycles. The van der Waals surface area contributed by atoms with Crippen molar-refractivity contribution in [3.05, 3.63) is 71.7 Å².